The number of fused-ring (bicyclic) bond motifs is 1. The highest BCUT2D eigenvalue weighted by Crippen LogP contribution is 2.52. The Bertz CT molecular complexity index is 603. The topological polar surface area (TPSA) is 55.8 Å². The van der Waals surface area contributed by atoms with Crippen molar-refractivity contribution in [1.29, 1.82) is 0 Å². The van der Waals surface area contributed by atoms with Gasteiger partial charge in [-0.15, -0.1) is 0 Å². The molecule has 1 fully saturated rings. The lowest BCUT2D eigenvalue weighted by Crippen LogP contribution is -2.35. The first-order valence-electron chi connectivity index (χ1n) is 7.83. The number of benzene rings is 1. The maximum atomic E-state index is 12.1. The lowest BCUT2D eigenvalue weighted by Gasteiger charge is -2.33. The summed E-state index contributed by atoms with van der Waals surface area (Å²) in [6.45, 7) is 5.05. The molecule has 120 valence electrons. The molecule has 3 rings (SSSR count). The molecule has 0 amide bonds. The number of aliphatic carboxylic acids is 1. The number of carboxylic acids is 1. The molecule has 1 heterocycles. The Kier molecular flexibility index (Phi) is 3.98. The maximum Gasteiger partial charge on any atom is 0.314 e. The minimum absolute atomic E-state index is 0.112. The first-order chi connectivity index (χ1) is 10.5. The van der Waals surface area contributed by atoms with E-state index >= 15 is 0 Å². The van der Waals surface area contributed by atoms with Gasteiger partial charge < -0.3 is 14.6 Å². The van der Waals surface area contributed by atoms with Gasteiger partial charge in [-0.3, -0.25) is 4.79 Å². The lowest BCUT2D eigenvalue weighted by atomic mass is 9.74. The van der Waals surface area contributed by atoms with Gasteiger partial charge in [0.1, 0.15) is 13.2 Å². The number of hydrogen-bond donors (Lipinski definition) is 1. The zero-order chi connectivity index (χ0) is 15.9. The Balaban J connectivity index is 2.28. The fraction of sp³-hybridized carbons (Fsp3) is 0.588. The molecule has 1 aromatic rings. The van der Waals surface area contributed by atoms with Gasteiger partial charge in [-0.1, -0.05) is 38.3 Å². The molecule has 1 aliphatic carbocycles. The summed E-state index contributed by atoms with van der Waals surface area (Å²) in [6, 6.07) is 1.72. The van der Waals surface area contributed by atoms with Crippen LogP contribution >= 0.6 is 11.6 Å². The Morgan fingerprint density at radius 1 is 1.27 bits per heavy atom. The van der Waals surface area contributed by atoms with Gasteiger partial charge >= 0.3 is 5.97 Å². The van der Waals surface area contributed by atoms with Crippen LogP contribution in [0.25, 0.3) is 0 Å². The quantitative estimate of drug-likeness (QED) is 0.908. The summed E-state index contributed by atoms with van der Waals surface area (Å²) in [5, 5.41) is 10.4. The Hall–Kier alpha value is -1.42. The van der Waals surface area contributed by atoms with Crippen LogP contribution in [0.15, 0.2) is 6.07 Å². The van der Waals surface area contributed by atoms with Crippen LogP contribution in [-0.2, 0) is 10.2 Å². The van der Waals surface area contributed by atoms with Gasteiger partial charge in [0.15, 0.2) is 11.5 Å². The van der Waals surface area contributed by atoms with Crippen molar-refractivity contribution in [1.82, 2.24) is 0 Å². The molecule has 1 saturated carbocycles. The second-order valence-corrected chi connectivity index (χ2v) is 6.83. The molecule has 4 nitrogen and oxygen atoms in total. The van der Waals surface area contributed by atoms with Crippen LogP contribution < -0.4 is 9.47 Å². The largest absolute Gasteiger partial charge is 0.486 e. The molecule has 0 spiro atoms. The van der Waals surface area contributed by atoms with E-state index in [1.165, 1.54) is 0 Å². The summed E-state index contributed by atoms with van der Waals surface area (Å²) in [5.74, 6) is 0.627. The van der Waals surface area contributed by atoms with Crippen LogP contribution in [0.4, 0.5) is 0 Å². The van der Waals surface area contributed by atoms with Gasteiger partial charge in [0.05, 0.1) is 5.41 Å². The highest BCUT2D eigenvalue weighted by Gasteiger charge is 2.47. The van der Waals surface area contributed by atoms with Crippen LogP contribution in [-0.4, -0.2) is 24.3 Å². The summed E-state index contributed by atoms with van der Waals surface area (Å²) in [7, 11) is 0. The minimum atomic E-state index is -0.896. The van der Waals surface area contributed by atoms with E-state index in [2.05, 4.69) is 0 Å². The van der Waals surface area contributed by atoms with E-state index in [4.69, 9.17) is 21.1 Å². The molecule has 22 heavy (non-hydrogen) atoms. The van der Waals surface area contributed by atoms with Crippen molar-refractivity contribution in [3.05, 3.63) is 22.2 Å². The van der Waals surface area contributed by atoms with Gasteiger partial charge in [-0.05, 0) is 24.3 Å². The molecule has 1 N–H and O–H groups in total. The predicted molar refractivity (Wildman–Crippen MR) is 84.3 cm³/mol. The fourth-order valence-corrected chi connectivity index (χ4v) is 4.15. The average Bonchev–Trinajstić information content (AvgIpc) is 2.96. The van der Waals surface area contributed by atoms with E-state index < -0.39 is 11.4 Å². The van der Waals surface area contributed by atoms with E-state index in [-0.39, 0.29) is 5.92 Å². The molecule has 1 aliphatic heterocycles. The number of halogens is 1. The summed E-state index contributed by atoms with van der Waals surface area (Å²) in [5.41, 5.74) is 0.733. The van der Waals surface area contributed by atoms with Crippen LogP contribution in [0.3, 0.4) is 0 Å². The average molecular weight is 325 g/mol. The summed E-state index contributed by atoms with van der Waals surface area (Å²) < 4.78 is 11.5. The van der Waals surface area contributed by atoms with Gasteiger partial charge in [-0.25, -0.2) is 0 Å². The van der Waals surface area contributed by atoms with Crippen LogP contribution in [0.1, 0.15) is 56.6 Å². The van der Waals surface area contributed by atoms with Crippen LogP contribution in [0, 0.1) is 0 Å². The molecule has 2 aliphatic rings. The highest BCUT2D eigenvalue weighted by molar-refractivity contribution is 6.32. The number of carboxylic acid groups (broad SMARTS) is 1. The number of carbonyl (C=O) groups is 1. The van der Waals surface area contributed by atoms with Crippen molar-refractivity contribution >= 4 is 17.6 Å². The predicted octanol–water partition coefficient (Wildman–Crippen LogP) is 4.13. The Morgan fingerprint density at radius 2 is 1.91 bits per heavy atom. The molecule has 5 heteroatoms. The van der Waals surface area contributed by atoms with Crippen molar-refractivity contribution in [3.63, 3.8) is 0 Å². The number of ether oxygens (including phenoxy) is 2. The summed E-state index contributed by atoms with van der Waals surface area (Å²) >= 11 is 6.53. The lowest BCUT2D eigenvalue weighted by molar-refractivity contribution is -0.143. The molecule has 0 bridgehead atoms. The van der Waals surface area contributed by atoms with Gasteiger partial charge in [0, 0.05) is 16.7 Å². The first-order valence-corrected chi connectivity index (χ1v) is 8.21. The monoisotopic (exact) mass is 324 g/mol. The Labute approximate surface area is 135 Å². The van der Waals surface area contributed by atoms with Gasteiger partial charge in [0.2, 0.25) is 0 Å². The van der Waals surface area contributed by atoms with Gasteiger partial charge in [0.25, 0.3) is 0 Å². The first kappa shape index (κ1) is 15.5. The third-order valence-corrected chi connectivity index (χ3v) is 5.04. The SMILES string of the molecule is CC(C)c1c2c(cc(Cl)c1C1(C(=O)O)CCCC1)OCCO2. The minimum Gasteiger partial charge on any atom is -0.486 e. The third-order valence-electron chi connectivity index (χ3n) is 4.74. The van der Waals surface area contributed by atoms with E-state index in [0.717, 1.165) is 24.0 Å². The normalized spacial score (nSPS) is 19.5. The van der Waals surface area contributed by atoms with Crippen molar-refractivity contribution in [2.24, 2.45) is 0 Å². The molecule has 1 aromatic carbocycles. The molecular formula is C17H21ClO4. The summed E-state index contributed by atoms with van der Waals surface area (Å²) in [6.07, 6.45) is 3.08. The van der Waals surface area contributed by atoms with Crippen molar-refractivity contribution in [3.8, 4) is 11.5 Å². The van der Waals surface area contributed by atoms with Crippen molar-refractivity contribution in [2.75, 3.05) is 13.2 Å². The standard InChI is InChI=1S/C17H21ClO4/c1-10(2)13-14(17(16(19)20)5-3-4-6-17)11(18)9-12-15(13)22-8-7-21-12/h9-10H,3-8H2,1-2H3,(H,19,20). The number of hydrogen-bond acceptors (Lipinski definition) is 3. The van der Waals surface area contributed by atoms with Crippen LogP contribution in [0.5, 0.6) is 11.5 Å². The van der Waals surface area contributed by atoms with Crippen molar-refractivity contribution < 1.29 is 19.4 Å². The maximum absolute atomic E-state index is 12.1. The molecule has 0 unspecified atom stereocenters. The second-order valence-electron chi connectivity index (χ2n) is 6.42. The molecule has 0 atom stereocenters. The molecule has 0 aromatic heterocycles. The van der Waals surface area contributed by atoms with Crippen LogP contribution in [0.2, 0.25) is 5.02 Å². The zero-order valence-corrected chi connectivity index (χ0v) is 13.7. The Morgan fingerprint density at radius 3 is 2.50 bits per heavy atom. The van der Waals surface area contributed by atoms with E-state index in [9.17, 15) is 9.90 Å². The van der Waals surface area contributed by atoms with Gasteiger partial charge in [-0.2, -0.15) is 0 Å². The second kappa shape index (κ2) is 5.65. The van der Waals surface area contributed by atoms with E-state index in [1.807, 2.05) is 13.8 Å². The third kappa shape index (κ3) is 2.24. The summed E-state index contributed by atoms with van der Waals surface area (Å²) in [4.78, 5) is 12.1. The highest BCUT2D eigenvalue weighted by atomic mass is 35.5. The smallest absolute Gasteiger partial charge is 0.314 e. The zero-order valence-electron chi connectivity index (χ0n) is 12.9. The molecule has 0 saturated heterocycles. The van der Waals surface area contributed by atoms with E-state index in [1.54, 1.807) is 6.07 Å². The fourth-order valence-electron chi connectivity index (χ4n) is 3.77. The van der Waals surface area contributed by atoms with Crippen molar-refractivity contribution in [2.45, 2.75) is 50.9 Å². The number of rotatable bonds is 3. The molecule has 0 radical (unpaired) electrons. The molecular weight excluding hydrogens is 304 g/mol. The van der Waals surface area contributed by atoms with E-state index in [0.29, 0.717) is 42.6 Å².